The van der Waals surface area contributed by atoms with E-state index in [1.807, 2.05) is 24.3 Å². The number of carbonyl (C=O) groups is 1. The van der Waals surface area contributed by atoms with Gasteiger partial charge in [-0.05, 0) is 12.1 Å². The molecule has 0 spiro atoms. The normalized spacial score (nSPS) is 10.4. The molecule has 2 rings (SSSR count). The summed E-state index contributed by atoms with van der Waals surface area (Å²) in [6, 6.07) is 7.64. The lowest BCUT2D eigenvalue weighted by atomic mass is 10.1. The fourth-order valence-electron chi connectivity index (χ4n) is 1.64. The fourth-order valence-corrected chi connectivity index (χ4v) is 1.64. The molecular weight excluding hydrogens is 216 g/mol. The first-order valence-corrected chi connectivity index (χ1v) is 5.43. The van der Waals surface area contributed by atoms with E-state index in [9.17, 15) is 4.79 Å². The smallest absolute Gasteiger partial charge is 0.226 e. The first-order chi connectivity index (χ1) is 8.31. The summed E-state index contributed by atoms with van der Waals surface area (Å²) >= 11 is 0. The van der Waals surface area contributed by atoms with Crippen LogP contribution in [0.1, 0.15) is 6.42 Å². The molecule has 0 radical (unpaired) electrons. The van der Waals surface area contributed by atoms with Crippen LogP contribution >= 0.6 is 0 Å². The molecule has 0 unspecified atom stereocenters. The molecule has 4 heteroatoms. The van der Waals surface area contributed by atoms with Crippen LogP contribution in [-0.4, -0.2) is 24.6 Å². The molecule has 2 aromatic rings. The average molecular weight is 230 g/mol. The number of rotatable bonds is 4. The zero-order chi connectivity index (χ0) is 12.1. The highest BCUT2D eigenvalue weighted by Gasteiger charge is 2.05. The van der Waals surface area contributed by atoms with Gasteiger partial charge in [-0.25, -0.2) is 0 Å². The Balaban J connectivity index is 2.21. The second kappa shape index (κ2) is 5.41. The molecule has 0 saturated heterocycles. The summed E-state index contributed by atoms with van der Waals surface area (Å²) in [5, 5.41) is 4.88. The minimum absolute atomic E-state index is 0.0452. The number of methoxy groups -OCH3 is 1. The summed E-state index contributed by atoms with van der Waals surface area (Å²) in [6.45, 7) is 0.429. The SMILES string of the molecule is COCCC(=O)Nc1cccc2cnccc12. The molecule has 0 aliphatic heterocycles. The van der Waals surface area contributed by atoms with Crippen molar-refractivity contribution in [1.29, 1.82) is 0 Å². The van der Waals surface area contributed by atoms with E-state index in [0.29, 0.717) is 13.0 Å². The Morgan fingerprint density at radius 3 is 3.12 bits per heavy atom. The molecule has 88 valence electrons. The number of anilines is 1. The monoisotopic (exact) mass is 230 g/mol. The third-order valence-corrected chi connectivity index (χ3v) is 2.49. The molecule has 0 fully saturated rings. The van der Waals surface area contributed by atoms with E-state index in [1.165, 1.54) is 0 Å². The number of fused-ring (bicyclic) bond motifs is 1. The Hall–Kier alpha value is -1.94. The molecule has 0 aliphatic carbocycles. The Labute approximate surface area is 99.6 Å². The summed E-state index contributed by atoms with van der Waals surface area (Å²) in [6.07, 6.45) is 3.85. The van der Waals surface area contributed by atoms with Gasteiger partial charge in [0.25, 0.3) is 0 Å². The van der Waals surface area contributed by atoms with Crippen LogP contribution in [-0.2, 0) is 9.53 Å². The van der Waals surface area contributed by atoms with Crippen LogP contribution in [0.5, 0.6) is 0 Å². The number of nitrogens with zero attached hydrogens (tertiary/aromatic N) is 1. The molecule has 0 aliphatic rings. The molecule has 1 aromatic carbocycles. The molecule has 1 amide bonds. The first kappa shape index (κ1) is 11.5. The highest BCUT2D eigenvalue weighted by Crippen LogP contribution is 2.22. The maximum Gasteiger partial charge on any atom is 0.226 e. The van der Waals surface area contributed by atoms with Crippen LogP contribution in [0.4, 0.5) is 5.69 Å². The molecule has 1 N–H and O–H groups in total. The van der Waals surface area contributed by atoms with E-state index in [4.69, 9.17) is 4.74 Å². The summed E-state index contributed by atoms with van der Waals surface area (Å²) in [5.74, 6) is -0.0452. The maximum absolute atomic E-state index is 11.6. The average Bonchev–Trinajstić information content (AvgIpc) is 2.37. The second-order valence-corrected chi connectivity index (χ2v) is 3.69. The molecule has 0 bridgehead atoms. The van der Waals surface area contributed by atoms with Gasteiger partial charge in [0.15, 0.2) is 0 Å². The molecule has 0 saturated carbocycles. The number of pyridine rings is 1. The van der Waals surface area contributed by atoms with Crippen molar-refractivity contribution in [1.82, 2.24) is 4.98 Å². The van der Waals surface area contributed by atoms with Crippen molar-refractivity contribution < 1.29 is 9.53 Å². The lowest BCUT2D eigenvalue weighted by molar-refractivity contribution is -0.117. The van der Waals surface area contributed by atoms with Crippen molar-refractivity contribution in [3.8, 4) is 0 Å². The molecule has 17 heavy (non-hydrogen) atoms. The van der Waals surface area contributed by atoms with Crippen LogP contribution in [0.25, 0.3) is 10.8 Å². The van der Waals surface area contributed by atoms with Gasteiger partial charge >= 0.3 is 0 Å². The first-order valence-electron chi connectivity index (χ1n) is 5.43. The minimum Gasteiger partial charge on any atom is -0.384 e. The van der Waals surface area contributed by atoms with Gasteiger partial charge in [0.1, 0.15) is 0 Å². The third-order valence-electron chi connectivity index (χ3n) is 2.49. The Kier molecular flexibility index (Phi) is 3.67. The van der Waals surface area contributed by atoms with Crippen LogP contribution < -0.4 is 5.32 Å². The van der Waals surface area contributed by atoms with Crippen molar-refractivity contribution in [2.75, 3.05) is 19.0 Å². The van der Waals surface area contributed by atoms with Crippen molar-refractivity contribution in [2.24, 2.45) is 0 Å². The highest BCUT2D eigenvalue weighted by atomic mass is 16.5. The van der Waals surface area contributed by atoms with E-state index in [-0.39, 0.29) is 5.91 Å². The van der Waals surface area contributed by atoms with Gasteiger partial charge < -0.3 is 10.1 Å². The van der Waals surface area contributed by atoms with E-state index >= 15 is 0 Å². The molecule has 1 aromatic heterocycles. The van der Waals surface area contributed by atoms with Crippen molar-refractivity contribution in [3.63, 3.8) is 0 Å². The predicted molar refractivity (Wildman–Crippen MR) is 66.9 cm³/mol. The topological polar surface area (TPSA) is 51.2 Å². The molecule has 0 atom stereocenters. The second-order valence-electron chi connectivity index (χ2n) is 3.69. The van der Waals surface area contributed by atoms with E-state index in [1.54, 1.807) is 19.5 Å². The number of hydrogen-bond donors (Lipinski definition) is 1. The van der Waals surface area contributed by atoms with Gasteiger partial charge in [0, 0.05) is 36.0 Å². The fraction of sp³-hybridized carbons (Fsp3) is 0.231. The van der Waals surface area contributed by atoms with Crippen LogP contribution in [0, 0.1) is 0 Å². The maximum atomic E-state index is 11.6. The van der Waals surface area contributed by atoms with Gasteiger partial charge in [-0.15, -0.1) is 0 Å². The Morgan fingerprint density at radius 2 is 2.29 bits per heavy atom. The zero-order valence-corrected chi connectivity index (χ0v) is 9.64. The lowest BCUT2D eigenvalue weighted by Crippen LogP contribution is -2.13. The standard InChI is InChI=1S/C13H14N2O2/c1-17-8-6-13(16)15-12-4-2-3-10-9-14-7-5-11(10)12/h2-5,7,9H,6,8H2,1H3,(H,15,16). The van der Waals surface area contributed by atoms with Gasteiger partial charge in [-0.2, -0.15) is 0 Å². The van der Waals surface area contributed by atoms with Gasteiger partial charge in [-0.3, -0.25) is 9.78 Å². The van der Waals surface area contributed by atoms with E-state index < -0.39 is 0 Å². The number of amides is 1. The summed E-state index contributed by atoms with van der Waals surface area (Å²) in [5.41, 5.74) is 0.811. The Morgan fingerprint density at radius 1 is 1.41 bits per heavy atom. The quantitative estimate of drug-likeness (QED) is 0.876. The van der Waals surface area contributed by atoms with Crippen molar-refractivity contribution in [3.05, 3.63) is 36.7 Å². The number of benzene rings is 1. The molecular formula is C13H14N2O2. The zero-order valence-electron chi connectivity index (χ0n) is 9.64. The summed E-state index contributed by atoms with van der Waals surface area (Å²) in [4.78, 5) is 15.7. The van der Waals surface area contributed by atoms with Crippen LogP contribution in [0.3, 0.4) is 0 Å². The third kappa shape index (κ3) is 2.79. The van der Waals surface area contributed by atoms with E-state index in [2.05, 4.69) is 10.3 Å². The molecule has 4 nitrogen and oxygen atoms in total. The van der Waals surface area contributed by atoms with Crippen molar-refractivity contribution >= 4 is 22.4 Å². The van der Waals surface area contributed by atoms with Gasteiger partial charge in [0.05, 0.1) is 13.0 Å². The van der Waals surface area contributed by atoms with Crippen molar-refractivity contribution in [2.45, 2.75) is 6.42 Å². The number of hydrogen-bond acceptors (Lipinski definition) is 3. The van der Waals surface area contributed by atoms with Gasteiger partial charge in [-0.1, -0.05) is 12.1 Å². The predicted octanol–water partition coefficient (Wildman–Crippen LogP) is 2.21. The van der Waals surface area contributed by atoms with Crippen LogP contribution in [0.2, 0.25) is 0 Å². The number of nitrogens with one attached hydrogen (secondary N) is 1. The number of carbonyl (C=O) groups excluding carboxylic acids is 1. The number of aromatic nitrogens is 1. The molecule has 1 heterocycles. The minimum atomic E-state index is -0.0452. The van der Waals surface area contributed by atoms with Crippen LogP contribution in [0.15, 0.2) is 36.7 Å². The summed E-state index contributed by atoms with van der Waals surface area (Å²) in [7, 11) is 1.58. The number of ether oxygens (including phenoxy) is 1. The highest BCUT2D eigenvalue weighted by molar-refractivity contribution is 6.01. The van der Waals surface area contributed by atoms with E-state index in [0.717, 1.165) is 16.5 Å². The Bertz CT molecular complexity index is 520. The summed E-state index contributed by atoms with van der Waals surface area (Å²) < 4.78 is 4.87. The van der Waals surface area contributed by atoms with Gasteiger partial charge in [0.2, 0.25) is 5.91 Å². The largest absolute Gasteiger partial charge is 0.384 e. The lowest BCUT2D eigenvalue weighted by Gasteiger charge is -2.08.